The highest BCUT2D eigenvalue weighted by atomic mass is 16.5. The summed E-state index contributed by atoms with van der Waals surface area (Å²) in [6.07, 6.45) is 3.67. The van der Waals surface area contributed by atoms with Crippen molar-refractivity contribution in [2.75, 3.05) is 13.7 Å². The Morgan fingerprint density at radius 2 is 1.83 bits per heavy atom. The number of hydrogen-bond acceptors (Lipinski definition) is 2. The predicted octanol–water partition coefficient (Wildman–Crippen LogP) is 3.65. The van der Waals surface area contributed by atoms with Crippen LogP contribution in [0.3, 0.4) is 0 Å². The summed E-state index contributed by atoms with van der Waals surface area (Å²) in [5, 5.41) is 3.29. The van der Waals surface area contributed by atoms with Crippen molar-refractivity contribution in [3.63, 3.8) is 0 Å². The Balaban J connectivity index is 2.43. The second-order valence-electron chi connectivity index (χ2n) is 5.20. The number of aryl methyl sites for hydroxylation is 1. The van der Waals surface area contributed by atoms with Crippen LogP contribution in [-0.4, -0.2) is 19.7 Å². The molecule has 0 saturated carbocycles. The van der Waals surface area contributed by atoms with E-state index in [-0.39, 0.29) is 0 Å². The van der Waals surface area contributed by atoms with Gasteiger partial charge in [0.25, 0.3) is 0 Å². The van der Waals surface area contributed by atoms with E-state index in [9.17, 15) is 0 Å². The molecule has 18 heavy (non-hydrogen) atoms. The second kappa shape index (κ2) is 8.15. The van der Waals surface area contributed by atoms with Gasteiger partial charge in [-0.2, -0.15) is 0 Å². The average molecular weight is 249 g/mol. The van der Waals surface area contributed by atoms with Crippen LogP contribution in [0.2, 0.25) is 0 Å². The van der Waals surface area contributed by atoms with E-state index in [1.165, 1.54) is 24.8 Å². The molecule has 0 heterocycles. The van der Waals surface area contributed by atoms with Gasteiger partial charge in [-0.25, -0.2) is 0 Å². The van der Waals surface area contributed by atoms with Gasteiger partial charge < -0.3 is 10.1 Å². The quantitative estimate of drug-likeness (QED) is 0.759. The van der Waals surface area contributed by atoms with Crippen molar-refractivity contribution in [1.29, 1.82) is 0 Å². The van der Waals surface area contributed by atoms with Gasteiger partial charge in [-0.3, -0.25) is 0 Å². The van der Waals surface area contributed by atoms with E-state index in [1.807, 2.05) is 7.05 Å². The van der Waals surface area contributed by atoms with Gasteiger partial charge in [0.15, 0.2) is 0 Å². The van der Waals surface area contributed by atoms with Crippen molar-refractivity contribution in [1.82, 2.24) is 5.32 Å². The summed E-state index contributed by atoms with van der Waals surface area (Å²) in [6, 6.07) is 8.92. The fraction of sp³-hybridized carbons (Fsp3) is 0.625. The molecular weight excluding hydrogens is 222 g/mol. The molecule has 0 spiro atoms. The number of hydrogen-bond donors (Lipinski definition) is 1. The minimum absolute atomic E-state index is 0.407. The Morgan fingerprint density at radius 3 is 2.33 bits per heavy atom. The standard InChI is InChI=1S/C16H27NO/c1-5-6-7-14-8-10-15(11-9-14)18-12-16(17-4)13(2)3/h8-11,13,16-17H,5-7,12H2,1-4H3. The summed E-state index contributed by atoms with van der Waals surface area (Å²) in [6.45, 7) is 7.36. The molecule has 1 aromatic carbocycles. The van der Waals surface area contributed by atoms with E-state index < -0.39 is 0 Å². The normalized spacial score (nSPS) is 12.7. The van der Waals surface area contributed by atoms with E-state index in [1.54, 1.807) is 0 Å². The number of rotatable bonds is 8. The molecule has 0 radical (unpaired) electrons. The topological polar surface area (TPSA) is 21.3 Å². The van der Waals surface area contributed by atoms with Crippen LogP contribution in [0.15, 0.2) is 24.3 Å². The Bertz CT molecular complexity index is 318. The summed E-state index contributed by atoms with van der Waals surface area (Å²) >= 11 is 0. The molecule has 1 atom stereocenters. The Kier molecular flexibility index (Phi) is 6.81. The third-order valence-electron chi connectivity index (χ3n) is 3.35. The van der Waals surface area contributed by atoms with Gasteiger partial charge in [0.2, 0.25) is 0 Å². The number of unbranched alkanes of at least 4 members (excludes halogenated alkanes) is 1. The van der Waals surface area contributed by atoms with Gasteiger partial charge in [0.05, 0.1) is 0 Å². The monoisotopic (exact) mass is 249 g/mol. The van der Waals surface area contributed by atoms with E-state index in [4.69, 9.17) is 4.74 Å². The fourth-order valence-electron chi connectivity index (χ4n) is 1.93. The van der Waals surface area contributed by atoms with Gasteiger partial charge in [-0.1, -0.05) is 39.3 Å². The molecule has 0 aliphatic rings. The maximum absolute atomic E-state index is 5.82. The number of nitrogens with one attached hydrogen (secondary N) is 1. The zero-order valence-corrected chi connectivity index (χ0v) is 12.2. The van der Waals surface area contributed by atoms with Gasteiger partial charge in [-0.05, 0) is 43.5 Å². The van der Waals surface area contributed by atoms with Crippen LogP contribution in [-0.2, 0) is 6.42 Å². The van der Waals surface area contributed by atoms with Crippen molar-refractivity contribution in [2.45, 2.75) is 46.1 Å². The van der Waals surface area contributed by atoms with Gasteiger partial charge in [0, 0.05) is 6.04 Å². The molecule has 1 rings (SSSR count). The lowest BCUT2D eigenvalue weighted by Crippen LogP contribution is -2.36. The number of benzene rings is 1. The predicted molar refractivity (Wildman–Crippen MR) is 78.2 cm³/mol. The lowest BCUT2D eigenvalue weighted by Gasteiger charge is -2.20. The molecule has 102 valence electrons. The molecule has 2 heteroatoms. The van der Waals surface area contributed by atoms with Crippen molar-refractivity contribution < 1.29 is 4.74 Å². The highest BCUT2D eigenvalue weighted by Crippen LogP contribution is 2.15. The van der Waals surface area contributed by atoms with Crippen LogP contribution in [0.25, 0.3) is 0 Å². The molecule has 0 fully saturated rings. The molecule has 0 aliphatic heterocycles. The summed E-state index contributed by atoms with van der Waals surface area (Å²) in [7, 11) is 1.99. The van der Waals surface area contributed by atoms with Crippen LogP contribution >= 0.6 is 0 Å². The van der Waals surface area contributed by atoms with Crippen LogP contribution < -0.4 is 10.1 Å². The van der Waals surface area contributed by atoms with Gasteiger partial charge in [0.1, 0.15) is 12.4 Å². The fourth-order valence-corrected chi connectivity index (χ4v) is 1.93. The Morgan fingerprint density at radius 1 is 1.17 bits per heavy atom. The number of ether oxygens (including phenoxy) is 1. The molecular formula is C16H27NO. The third-order valence-corrected chi connectivity index (χ3v) is 3.35. The summed E-state index contributed by atoms with van der Waals surface area (Å²) in [5.41, 5.74) is 1.40. The van der Waals surface area contributed by atoms with E-state index >= 15 is 0 Å². The second-order valence-corrected chi connectivity index (χ2v) is 5.20. The zero-order chi connectivity index (χ0) is 13.4. The molecule has 0 saturated heterocycles. The highest BCUT2D eigenvalue weighted by Gasteiger charge is 2.11. The molecule has 0 aromatic heterocycles. The highest BCUT2D eigenvalue weighted by molar-refractivity contribution is 5.27. The van der Waals surface area contributed by atoms with Crippen LogP contribution in [0, 0.1) is 5.92 Å². The SMILES string of the molecule is CCCCc1ccc(OCC(NC)C(C)C)cc1. The summed E-state index contributed by atoms with van der Waals surface area (Å²) < 4.78 is 5.82. The smallest absolute Gasteiger partial charge is 0.119 e. The van der Waals surface area contributed by atoms with Crippen molar-refractivity contribution >= 4 is 0 Å². The largest absolute Gasteiger partial charge is 0.492 e. The van der Waals surface area contributed by atoms with Crippen molar-refractivity contribution in [2.24, 2.45) is 5.92 Å². The first-order valence-electron chi connectivity index (χ1n) is 7.06. The first-order chi connectivity index (χ1) is 8.67. The van der Waals surface area contributed by atoms with E-state index in [0.29, 0.717) is 12.0 Å². The lowest BCUT2D eigenvalue weighted by molar-refractivity contribution is 0.238. The van der Waals surface area contributed by atoms with Gasteiger partial charge >= 0.3 is 0 Å². The van der Waals surface area contributed by atoms with Crippen molar-refractivity contribution in [3.05, 3.63) is 29.8 Å². The third kappa shape index (κ3) is 5.09. The molecule has 0 bridgehead atoms. The maximum Gasteiger partial charge on any atom is 0.119 e. The van der Waals surface area contributed by atoms with Crippen LogP contribution in [0.4, 0.5) is 0 Å². The maximum atomic E-state index is 5.82. The molecule has 0 amide bonds. The van der Waals surface area contributed by atoms with Crippen LogP contribution in [0.1, 0.15) is 39.2 Å². The first kappa shape index (κ1) is 15.0. The minimum Gasteiger partial charge on any atom is -0.492 e. The van der Waals surface area contributed by atoms with Crippen molar-refractivity contribution in [3.8, 4) is 5.75 Å². The molecule has 1 N–H and O–H groups in total. The summed E-state index contributed by atoms with van der Waals surface area (Å²) in [4.78, 5) is 0. The van der Waals surface area contributed by atoms with Gasteiger partial charge in [-0.15, -0.1) is 0 Å². The van der Waals surface area contributed by atoms with E-state index in [2.05, 4.69) is 50.4 Å². The minimum atomic E-state index is 0.407. The molecule has 0 aliphatic carbocycles. The molecule has 2 nitrogen and oxygen atoms in total. The first-order valence-corrected chi connectivity index (χ1v) is 7.06. The average Bonchev–Trinajstić information content (AvgIpc) is 2.38. The van der Waals surface area contributed by atoms with Crippen LogP contribution in [0.5, 0.6) is 5.75 Å². The summed E-state index contributed by atoms with van der Waals surface area (Å²) in [5.74, 6) is 1.55. The number of likely N-dealkylation sites (N-methyl/N-ethyl adjacent to an activating group) is 1. The lowest BCUT2D eigenvalue weighted by atomic mass is 10.1. The molecule has 1 aromatic rings. The zero-order valence-electron chi connectivity index (χ0n) is 12.2. The van der Waals surface area contributed by atoms with E-state index in [0.717, 1.165) is 12.4 Å². The Hall–Kier alpha value is -1.02. The Labute approximate surface area is 112 Å². The molecule has 1 unspecified atom stereocenters.